The van der Waals surface area contributed by atoms with Gasteiger partial charge in [-0.25, -0.2) is 0 Å². The maximum Gasteiger partial charge on any atom is 0.255 e. The number of nitrogens with zero attached hydrogens (tertiary/aromatic N) is 3. The Morgan fingerprint density at radius 1 is 1.24 bits per heavy atom. The number of H-pyrrole nitrogens is 1. The van der Waals surface area contributed by atoms with Gasteiger partial charge in [-0.2, -0.15) is 5.10 Å². The van der Waals surface area contributed by atoms with Crippen LogP contribution in [0.1, 0.15) is 46.7 Å². The number of aromatic nitrogens is 3. The number of amides is 1. The van der Waals surface area contributed by atoms with Crippen LogP contribution in [-0.4, -0.2) is 39.9 Å². The van der Waals surface area contributed by atoms with E-state index in [1.165, 1.54) is 0 Å². The lowest BCUT2D eigenvalue weighted by Gasteiger charge is -2.35. The summed E-state index contributed by atoms with van der Waals surface area (Å²) < 4.78 is 7.82. The number of ether oxygens (including phenoxy) is 1. The number of aromatic amines is 1. The highest BCUT2D eigenvalue weighted by atomic mass is 16.5. The van der Waals surface area contributed by atoms with Gasteiger partial charge in [0.15, 0.2) is 5.75 Å². The van der Waals surface area contributed by atoms with Gasteiger partial charge in [-0.05, 0) is 63.9 Å². The lowest BCUT2D eigenvalue weighted by atomic mass is 9.99. The van der Waals surface area contributed by atoms with E-state index >= 15 is 0 Å². The number of benzene rings is 1. The van der Waals surface area contributed by atoms with Crippen molar-refractivity contribution in [2.45, 2.75) is 47.2 Å². The average molecular weight is 450 g/mol. The zero-order valence-corrected chi connectivity index (χ0v) is 20.1. The van der Waals surface area contributed by atoms with Gasteiger partial charge < -0.3 is 19.9 Å². The van der Waals surface area contributed by atoms with Crippen molar-refractivity contribution in [3.05, 3.63) is 62.8 Å². The summed E-state index contributed by atoms with van der Waals surface area (Å²) in [7, 11) is 1.90. The third kappa shape index (κ3) is 4.25. The predicted octanol–water partition coefficient (Wildman–Crippen LogP) is 3.24. The normalized spacial score (nSPS) is 13.1. The summed E-state index contributed by atoms with van der Waals surface area (Å²) in [4.78, 5) is 30.8. The highest BCUT2D eigenvalue weighted by Gasteiger charge is 2.27. The van der Waals surface area contributed by atoms with Crippen LogP contribution in [-0.2, 0) is 13.6 Å². The Labute approximate surface area is 193 Å². The topological polar surface area (TPSA) is 92.2 Å². The van der Waals surface area contributed by atoms with Crippen molar-refractivity contribution in [3.8, 4) is 16.9 Å². The fourth-order valence-electron chi connectivity index (χ4n) is 4.35. The van der Waals surface area contributed by atoms with Crippen molar-refractivity contribution < 1.29 is 9.53 Å². The Morgan fingerprint density at radius 2 is 2.00 bits per heavy atom. The summed E-state index contributed by atoms with van der Waals surface area (Å²) in [6, 6.07) is 6.08. The van der Waals surface area contributed by atoms with Gasteiger partial charge in [0.05, 0.1) is 24.0 Å². The van der Waals surface area contributed by atoms with E-state index in [-0.39, 0.29) is 24.1 Å². The molecule has 2 N–H and O–H groups in total. The molecule has 2 aromatic heterocycles. The van der Waals surface area contributed by atoms with Crippen molar-refractivity contribution in [1.29, 1.82) is 0 Å². The summed E-state index contributed by atoms with van der Waals surface area (Å²) in [5.41, 5.74) is 6.24. The minimum atomic E-state index is -0.278. The number of hydrogen-bond donors (Lipinski definition) is 2. The molecule has 1 aliphatic rings. The van der Waals surface area contributed by atoms with Gasteiger partial charge in [0, 0.05) is 42.1 Å². The average Bonchev–Trinajstić information content (AvgIpc) is 3.09. The van der Waals surface area contributed by atoms with Crippen molar-refractivity contribution in [2.75, 3.05) is 18.1 Å². The lowest BCUT2D eigenvalue weighted by Crippen LogP contribution is -2.39. The molecule has 0 fully saturated rings. The summed E-state index contributed by atoms with van der Waals surface area (Å²) in [5, 5.41) is 7.30. The zero-order valence-electron chi connectivity index (χ0n) is 20.1. The van der Waals surface area contributed by atoms with Crippen molar-refractivity contribution in [3.63, 3.8) is 0 Å². The number of anilines is 1. The second-order valence-electron chi connectivity index (χ2n) is 8.90. The third-order valence-electron chi connectivity index (χ3n) is 6.29. The van der Waals surface area contributed by atoms with E-state index in [0.29, 0.717) is 23.5 Å². The molecule has 1 aromatic carbocycles. The second kappa shape index (κ2) is 8.77. The molecule has 0 saturated heterocycles. The largest absolute Gasteiger partial charge is 0.489 e. The van der Waals surface area contributed by atoms with Crippen LogP contribution in [0.5, 0.6) is 5.75 Å². The number of carbonyl (C=O) groups excluding carboxylic acids is 1. The van der Waals surface area contributed by atoms with Crippen LogP contribution in [0, 0.1) is 20.8 Å². The van der Waals surface area contributed by atoms with Gasteiger partial charge in [-0.15, -0.1) is 0 Å². The molecule has 174 valence electrons. The van der Waals surface area contributed by atoms with Crippen LogP contribution in [0.25, 0.3) is 11.1 Å². The first-order valence-corrected chi connectivity index (χ1v) is 11.2. The molecule has 0 spiro atoms. The maximum atomic E-state index is 13.4. The van der Waals surface area contributed by atoms with E-state index in [0.717, 1.165) is 40.3 Å². The smallest absolute Gasteiger partial charge is 0.255 e. The standard InChI is InChI=1S/C25H31N5O3/c1-14(2)30-7-8-33-23-19(10-18(11-22(23)30)21-13-27-29(6)17(21)5)24(31)26-12-20-15(3)9-16(4)28-25(20)32/h9-11,13-14H,7-8,12H2,1-6H3,(H,26,31)(H,28,32). The molecule has 1 aliphatic heterocycles. The molecule has 1 amide bonds. The predicted molar refractivity (Wildman–Crippen MR) is 129 cm³/mol. The molecule has 33 heavy (non-hydrogen) atoms. The third-order valence-corrected chi connectivity index (χ3v) is 6.29. The van der Waals surface area contributed by atoms with Crippen LogP contribution in [0.2, 0.25) is 0 Å². The monoisotopic (exact) mass is 449 g/mol. The summed E-state index contributed by atoms with van der Waals surface area (Å²) in [5.74, 6) is 0.298. The number of rotatable bonds is 5. The molecule has 0 atom stereocenters. The van der Waals surface area contributed by atoms with Crippen molar-refractivity contribution in [2.24, 2.45) is 7.05 Å². The van der Waals surface area contributed by atoms with Gasteiger partial charge in [0.1, 0.15) is 6.61 Å². The van der Waals surface area contributed by atoms with E-state index in [1.54, 1.807) is 0 Å². The molecule has 0 aliphatic carbocycles. The molecule has 0 unspecified atom stereocenters. The second-order valence-corrected chi connectivity index (χ2v) is 8.90. The molecule has 3 aromatic rings. The van der Waals surface area contributed by atoms with Gasteiger partial charge in [0.2, 0.25) is 0 Å². The summed E-state index contributed by atoms with van der Waals surface area (Å²) >= 11 is 0. The number of fused-ring (bicyclic) bond motifs is 1. The summed E-state index contributed by atoms with van der Waals surface area (Å²) in [6.07, 6.45) is 1.82. The number of pyridine rings is 1. The summed E-state index contributed by atoms with van der Waals surface area (Å²) in [6.45, 7) is 11.4. The molecule has 4 rings (SSSR count). The first kappa shape index (κ1) is 22.6. The minimum absolute atomic E-state index is 0.138. The first-order chi connectivity index (χ1) is 15.7. The molecule has 0 bridgehead atoms. The van der Waals surface area contributed by atoms with E-state index in [4.69, 9.17) is 4.74 Å². The number of aryl methyl sites for hydroxylation is 3. The van der Waals surface area contributed by atoms with Crippen LogP contribution in [0.15, 0.2) is 29.2 Å². The highest BCUT2D eigenvalue weighted by molar-refractivity contribution is 6.01. The Kier molecular flexibility index (Phi) is 6.01. The minimum Gasteiger partial charge on any atom is -0.489 e. The zero-order chi connectivity index (χ0) is 23.9. The molecule has 3 heterocycles. The van der Waals surface area contributed by atoms with Crippen LogP contribution >= 0.6 is 0 Å². The Balaban J connectivity index is 1.76. The highest BCUT2D eigenvalue weighted by Crippen LogP contribution is 2.40. The SMILES string of the molecule is Cc1cc(C)c(CNC(=O)c2cc(-c3cnn(C)c3C)cc3c2OCCN3C(C)C)c(=O)[nH]1. The molecule has 8 heteroatoms. The molecule has 8 nitrogen and oxygen atoms in total. The lowest BCUT2D eigenvalue weighted by molar-refractivity contribution is 0.0946. The Morgan fingerprint density at radius 3 is 2.64 bits per heavy atom. The van der Waals surface area contributed by atoms with E-state index < -0.39 is 0 Å². The molecule has 0 saturated carbocycles. The number of nitrogens with one attached hydrogen (secondary N) is 2. The van der Waals surface area contributed by atoms with Crippen LogP contribution in [0.4, 0.5) is 5.69 Å². The van der Waals surface area contributed by atoms with Crippen molar-refractivity contribution >= 4 is 11.6 Å². The van der Waals surface area contributed by atoms with Gasteiger partial charge >= 0.3 is 0 Å². The van der Waals surface area contributed by atoms with E-state index in [2.05, 4.69) is 40.2 Å². The quantitative estimate of drug-likeness (QED) is 0.624. The Hall–Kier alpha value is -3.55. The number of carbonyl (C=O) groups is 1. The fourth-order valence-corrected chi connectivity index (χ4v) is 4.35. The molecule has 0 radical (unpaired) electrons. The van der Waals surface area contributed by atoms with E-state index in [9.17, 15) is 9.59 Å². The maximum absolute atomic E-state index is 13.4. The Bertz CT molecular complexity index is 1270. The number of hydrogen-bond acceptors (Lipinski definition) is 5. The van der Waals surface area contributed by atoms with Gasteiger partial charge in [0.25, 0.3) is 11.5 Å². The molecular weight excluding hydrogens is 418 g/mol. The first-order valence-electron chi connectivity index (χ1n) is 11.2. The molecular formula is C25H31N5O3. The van der Waals surface area contributed by atoms with Gasteiger partial charge in [-0.1, -0.05) is 0 Å². The fraction of sp³-hybridized carbons (Fsp3) is 0.400. The van der Waals surface area contributed by atoms with E-state index in [1.807, 2.05) is 50.8 Å². The van der Waals surface area contributed by atoms with Crippen LogP contribution in [0.3, 0.4) is 0 Å². The van der Waals surface area contributed by atoms with Crippen molar-refractivity contribution in [1.82, 2.24) is 20.1 Å². The van der Waals surface area contributed by atoms with Gasteiger partial charge in [-0.3, -0.25) is 14.3 Å². The van der Waals surface area contributed by atoms with Crippen LogP contribution < -0.4 is 20.5 Å².